The maximum Gasteiger partial charge on any atom is 0.173 e. The number of anilines is 2. The Labute approximate surface area is 156 Å². The van der Waals surface area contributed by atoms with Crippen LogP contribution in [0.1, 0.15) is 0 Å². The van der Waals surface area contributed by atoms with Crippen LogP contribution < -0.4 is 10.2 Å². The highest BCUT2D eigenvalue weighted by atomic mass is 35.5. The second kappa shape index (κ2) is 7.55. The first-order valence-electron chi connectivity index (χ1n) is 7.54. The second-order valence-electron chi connectivity index (χ2n) is 5.51. The fourth-order valence-corrected chi connectivity index (χ4v) is 3.26. The van der Waals surface area contributed by atoms with Crippen molar-refractivity contribution < 1.29 is 4.39 Å². The van der Waals surface area contributed by atoms with Crippen LogP contribution in [0.2, 0.25) is 10.0 Å². The lowest BCUT2D eigenvalue weighted by molar-refractivity contribution is 0.391. The van der Waals surface area contributed by atoms with Crippen molar-refractivity contribution in [2.75, 3.05) is 36.4 Å². The van der Waals surface area contributed by atoms with E-state index in [1.165, 1.54) is 6.07 Å². The first-order chi connectivity index (χ1) is 11.5. The van der Waals surface area contributed by atoms with E-state index in [1.54, 1.807) is 12.1 Å². The monoisotopic (exact) mass is 383 g/mol. The van der Waals surface area contributed by atoms with Crippen molar-refractivity contribution in [3.63, 3.8) is 0 Å². The molecule has 0 bridgehead atoms. The molecule has 1 saturated heterocycles. The molecule has 0 spiro atoms. The summed E-state index contributed by atoms with van der Waals surface area (Å²) < 4.78 is 13.9. The largest absolute Gasteiger partial charge is 0.368 e. The van der Waals surface area contributed by atoms with Crippen LogP contribution in [-0.4, -0.2) is 36.2 Å². The van der Waals surface area contributed by atoms with Gasteiger partial charge in [0.05, 0.1) is 5.69 Å². The van der Waals surface area contributed by atoms with Crippen LogP contribution >= 0.6 is 35.4 Å². The first kappa shape index (κ1) is 17.3. The average molecular weight is 384 g/mol. The molecular formula is C17H16Cl2FN3S. The van der Waals surface area contributed by atoms with E-state index in [9.17, 15) is 4.39 Å². The summed E-state index contributed by atoms with van der Waals surface area (Å²) in [6.45, 7) is 3.16. The predicted octanol–water partition coefficient (Wildman–Crippen LogP) is 4.65. The summed E-state index contributed by atoms with van der Waals surface area (Å²) in [5, 5.41) is 4.56. The van der Waals surface area contributed by atoms with Crippen LogP contribution in [0.25, 0.3) is 0 Å². The summed E-state index contributed by atoms with van der Waals surface area (Å²) in [5.41, 5.74) is 1.44. The molecule has 1 heterocycles. The number of rotatable bonds is 2. The Morgan fingerprint density at radius 1 is 1.00 bits per heavy atom. The van der Waals surface area contributed by atoms with Crippen molar-refractivity contribution >= 4 is 51.9 Å². The van der Waals surface area contributed by atoms with Gasteiger partial charge in [-0.2, -0.15) is 0 Å². The fourth-order valence-electron chi connectivity index (χ4n) is 2.63. The molecule has 7 heteroatoms. The van der Waals surface area contributed by atoms with E-state index in [0.29, 0.717) is 15.8 Å². The first-order valence-corrected chi connectivity index (χ1v) is 8.71. The molecular weight excluding hydrogens is 368 g/mol. The molecule has 1 fully saturated rings. The van der Waals surface area contributed by atoms with Gasteiger partial charge in [0.2, 0.25) is 0 Å². The summed E-state index contributed by atoms with van der Waals surface area (Å²) in [5.74, 6) is -0.414. The van der Waals surface area contributed by atoms with Gasteiger partial charge in [0, 0.05) is 41.9 Å². The van der Waals surface area contributed by atoms with Crippen LogP contribution in [0.5, 0.6) is 0 Å². The molecule has 0 unspecified atom stereocenters. The Kier molecular flexibility index (Phi) is 5.43. The summed E-state index contributed by atoms with van der Waals surface area (Å²) in [6, 6.07) is 12.3. The maximum absolute atomic E-state index is 13.9. The molecule has 24 heavy (non-hydrogen) atoms. The zero-order valence-corrected chi connectivity index (χ0v) is 15.1. The molecule has 0 radical (unpaired) electrons. The van der Waals surface area contributed by atoms with Crippen molar-refractivity contribution in [1.82, 2.24) is 4.90 Å². The van der Waals surface area contributed by atoms with E-state index < -0.39 is 5.82 Å². The molecule has 2 aromatic rings. The SMILES string of the molecule is Fc1cc(Cl)ccc1NC(=S)N1CCN(c2cccc(Cl)c2)CC1. The third-order valence-corrected chi connectivity index (χ3v) is 4.74. The highest BCUT2D eigenvalue weighted by molar-refractivity contribution is 7.80. The number of benzene rings is 2. The van der Waals surface area contributed by atoms with Gasteiger partial charge >= 0.3 is 0 Å². The summed E-state index contributed by atoms with van der Waals surface area (Å²) >= 11 is 17.2. The number of nitrogens with one attached hydrogen (secondary N) is 1. The second-order valence-corrected chi connectivity index (χ2v) is 6.77. The molecule has 0 aliphatic carbocycles. The maximum atomic E-state index is 13.9. The smallest absolute Gasteiger partial charge is 0.173 e. The molecule has 2 aromatic carbocycles. The van der Waals surface area contributed by atoms with E-state index in [2.05, 4.69) is 10.2 Å². The van der Waals surface area contributed by atoms with Gasteiger partial charge < -0.3 is 15.1 Å². The average Bonchev–Trinajstić information content (AvgIpc) is 2.57. The van der Waals surface area contributed by atoms with E-state index in [4.69, 9.17) is 35.4 Å². The molecule has 0 saturated carbocycles. The van der Waals surface area contributed by atoms with Crippen LogP contribution in [0.4, 0.5) is 15.8 Å². The highest BCUT2D eigenvalue weighted by Gasteiger charge is 2.20. The summed E-state index contributed by atoms with van der Waals surface area (Å²) in [6.07, 6.45) is 0. The lowest BCUT2D eigenvalue weighted by Gasteiger charge is -2.37. The van der Waals surface area contributed by atoms with Crippen molar-refractivity contribution in [2.24, 2.45) is 0 Å². The van der Waals surface area contributed by atoms with Crippen LogP contribution in [0, 0.1) is 5.82 Å². The molecule has 1 aliphatic rings. The van der Waals surface area contributed by atoms with E-state index in [0.717, 1.165) is 36.9 Å². The molecule has 1 aliphatic heterocycles. The number of halogens is 3. The predicted molar refractivity (Wildman–Crippen MR) is 103 cm³/mol. The van der Waals surface area contributed by atoms with E-state index >= 15 is 0 Å². The lowest BCUT2D eigenvalue weighted by Crippen LogP contribution is -2.50. The number of thiocarbonyl (C=S) groups is 1. The van der Waals surface area contributed by atoms with Crippen molar-refractivity contribution in [3.8, 4) is 0 Å². The molecule has 3 rings (SSSR count). The zero-order chi connectivity index (χ0) is 17.1. The summed E-state index contributed by atoms with van der Waals surface area (Å²) in [7, 11) is 0. The van der Waals surface area contributed by atoms with Crippen molar-refractivity contribution in [3.05, 3.63) is 58.3 Å². The zero-order valence-electron chi connectivity index (χ0n) is 12.8. The number of hydrogen-bond acceptors (Lipinski definition) is 2. The third-order valence-electron chi connectivity index (χ3n) is 3.91. The number of piperazine rings is 1. The van der Waals surface area contributed by atoms with Gasteiger partial charge in [-0.05, 0) is 48.6 Å². The Balaban J connectivity index is 1.59. The Morgan fingerprint density at radius 2 is 1.71 bits per heavy atom. The van der Waals surface area contributed by atoms with Gasteiger partial charge in [0.1, 0.15) is 5.82 Å². The minimum absolute atomic E-state index is 0.335. The van der Waals surface area contributed by atoms with E-state index in [-0.39, 0.29) is 0 Å². The van der Waals surface area contributed by atoms with Gasteiger partial charge in [-0.15, -0.1) is 0 Å². The number of hydrogen-bond donors (Lipinski definition) is 1. The fraction of sp³-hybridized carbons (Fsp3) is 0.235. The topological polar surface area (TPSA) is 18.5 Å². The Bertz CT molecular complexity index is 748. The van der Waals surface area contributed by atoms with Gasteiger partial charge in [0.25, 0.3) is 0 Å². The molecule has 126 valence electrons. The number of nitrogens with zero attached hydrogens (tertiary/aromatic N) is 2. The quantitative estimate of drug-likeness (QED) is 0.760. The van der Waals surface area contributed by atoms with Crippen LogP contribution in [0.15, 0.2) is 42.5 Å². The van der Waals surface area contributed by atoms with Crippen molar-refractivity contribution in [1.29, 1.82) is 0 Å². The van der Waals surface area contributed by atoms with Gasteiger partial charge in [-0.1, -0.05) is 29.3 Å². The lowest BCUT2D eigenvalue weighted by atomic mass is 10.2. The van der Waals surface area contributed by atoms with Crippen LogP contribution in [0.3, 0.4) is 0 Å². The third kappa shape index (κ3) is 4.09. The molecule has 0 aromatic heterocycles. The van der Waals surface area contributed by atoms with E-state index in [1.807, 2.05) is 29.2 Å². The molecule has 3 nitrogen and oxygen atoms in total. The van der Waals surface area contributed by atoms with Gasteiger partial charge in [0.15, 0.2) is 5.11 Å². The highest BCUT2D eigenvalue weighted by Crippen LogP contribution is 2.22. The minimum Gasteiger partial charge on any atom is -0.368 e. The Morgan fingerprint density at radius 3 is 2.38 bits per heavy atom. The molecule has 1 N–H and O–H groups in total. The summed E-state index contributed by atoms with van der Waals surface area (Å²) in [4.78, 5) is 4.29. The normalized spacial score (nSPS) is 14.6. The minimum atomic E-state index is -0.414. The Hall–Kier alpha value is -1.56. The van der Waals surface area contributed by atoms with Gasteiger partial charge in [-0.3, -0.25) is 0 Å². The molecule has 0 atom stereocenters. The standard InChI is InChI=1S/C17H16Cl2FN3S/c18-12-2-1-3-14(10-12)22-6-8-23(9-7-22)17(24)21-16-5-4-13(19)11-15(16)20/h1-5,10-11H,6-9H2,(H,21,24). The van der Waals surface area contributed by atoms with Gasteiger partial charge in [-0.25, -0.2) is 4.39 Å². The van der Waals surface area contributed by atoms with Crippen molar-refractivity contribution in [2.45, 2.75) is 0 Å². The molecule has 0 amide bonds. The van der Waals surface area contributed by atoms with Crippen LogP contribution in [-0.2, 0) is 0 Å².